The maximum Gasteiger partial charge on any atom is 0.141 e. The van der Waals surface area contributed by atoms with E-state index in [1.165, 1.54) is 0 Å². The van der Waals surface area contributed by atoms with Crippen LogP contribution in [0.2, 0.25) is 0 Å². The van der Waals surface area contributed by atoms with Crippen LogP contribution in [0.1, 0.15) is 31.0 Å². The van der Waals surface area contributed by atoms with Crippen molar-refractivity contribution in [2.75, 3.05) is 6.54 Å². The Hall–Kier alpha value is -1.48. The Bertz CT molecular complexity index is 530. The highest BCUT2D eigenvalue weighted by Gasteiger charge is 2.25. The monoisotopic (exact) mass is 244 g/mol. The van der Waals surface area contributed by atoms with Gasteiger partial charge in [-0.3, -0.25) is 4.98 Å². The van der Waals surface area contributed by atoms with Gasteiger partial charge in [-0.05, 0) is 36.4 Å². The van der Waals surface area contributed by atoms with Gasteiger partial charge in [0.05, 0.1) is 0 Å². The molecule has 2 unspecified atom stereocenters. The van der Waals surface area contributed by atoms with Crippen molar-refractivity contribution < 1.29 is 4.39 Å². The van der Waals surface area contributed by atoms with Gasteiger partial charge in [-0.25, -0.2) is 4.39 Å². The molecule has 1 aromatic carbocycles. The first-order valence-corrected chi connectivity index (χ1v) is 6.56. The summed E-state index contributed by atoms with van der Waals surface area (Å²) in [5.74, 6) is 0. The zero-order valence-corrected chi connectivity index (χ0v) is 10.3. The van der Waals surface area contributed by atoms with Gasteiger partial charge in [0.25, 0.3) is 0 Å². The number of benzene rings is 1. The van der Waals surface area contributed by atoms with Crippen LogP contribution in [0, 0.1) is 0 Å². The topological polar surface area (TPSA) is 24.9 Å². The van der Waals surface area contributed by atoms with Crippen molar-refractivity contribution in [1.82, 2.24) is 10.3 Å². The molecule has 0 bridgehead atoms. The van der Waals surface area contributed by atoms with E-state index in [0.717, 1.165) is 42.1 Å². The Kier molecular flexibility index (Phi) is 3.24. The van der Waals surface area contributed by atoms with E-state index in [9.17, 15) is 4.39 Å². The summed E-state index contributed by atoms with van der Waals surface area (Å²) < 4.78 is 14.7. The predicted octanol–water partition coefficient (Wildman–Crippen LogP) is 3.39. The van der Waals surface area contributed by atoms with Crippen LogP contribution in [0.25, 0.3) is 10.8 Å². The number of pyridine rings is 1. The minimum atomic E-state index is -0.946. The van der Waals surface area contributed by atoms with Gasteiger partial charge >= 0.3 is 0 Å². The molecule has 1 aromatic heterocycles. The predicted molar refractivity (Wildman–Crippen MR) is 71.2 cm³/mol. The summed E-state index contributed by atoms with van der Waals surface area (Å²) in [6.07, 6.45) is 5.75. The first kappa shape index (κ1) is 11.6. The van der Waals surface area contributed by atoms with Crippen molar-refractivity contribution in [3.63, 3.8) is 0 Å². The molecule has 0 aliphatic carbocycles. The molecule has 2 aromatic rings. The second kappa shape index (κ2) is 5.02. The standard InChI is InChI=1S/C15H17FN2/c16-15(14-6-1-2-8-18-14)12-5-3-4-11-7-9-17-10-13(11)12/h3-5,7,9-10,14-15,18H,1-2,6,8H2. The van der Waals surface area contributed by atoms with Gasteiger partial charge < -0.3 is 5.32 Å². The van der Waals surface area contributed by atoms with E-state index in [1.807, 2.05) is 24.3 Å². The average molecular weight is 244 g/mol. The Balaban J connectivity index is 1.97. The van der Waals surface area contributed by atoms with Crippen molar-refractivity contribution in [2.45, 2.75) is 31.5 Å². The van der Waals surface area contributed by atoms with Crippen molar-refractivity contribution >= 4 is 10.8 Å². The molecule has 1 N–H and O–H groups in total. The van der Waals surface area contributed by atoms with Crippen molar-refractivity contribution in [1.29, 1.82) is 0 Å². The molecule has 0 spiro atoms. The minimum absolute atomic E-state index is 0.0513. The number of nitrogens with zero attached hydrogens (tertiary/aromatic N) is 1. The maximum absolute atomic E-state index is 14.7. The quantitative estimate of drug-likeness (QED) is 0.876. The summed E-state index contributed by atoms with van der Waals surface area (Å²) in [5, 5.41) is 5.27. The molecule has 2 heterocycles. The molecular weight excluding hydrogens is 227 g/mol. The highest BCUT2D eigenvalue weighted by Crippen LogP contribution is 2.31. The summed E-state index contributed by atoms with van der Waals surface area (Å²) in [6, 6.07) is 7.68. The van der Waals surface area contributed by atoms with Crippen LogP contribution < -0.4 is 5.32 Å². The molecule has 1 saturated heterocycles. The van der Waals surface area contributed by atoms with Gasteiger partial charge in [0.2, 0.25) is 0 Å². The molecule has 18 heavy (non-hydrogen) atoms. The zero-order valence-electron chi connectivity index (χ0n) is 10.3. The Morgan fingerprint density at radius 1 is 1.28 bits per heavy atom. The molecular formula is C15H17FN2. The first-order valence-electron chi connectivity index (χ1n) is 6.56. The van der Waals surface area contributed by atoms with E-state index in [1.54, 1.807) is 12.4 Å². The molecule has 0 saturated carbocycles. The normalized spacial score (nSPS) is 21.9. The number of hydrogen-bond acceptors (Lipinski definition) is 2. The van der Waals surface area contributed by atoms with Gasteiger partial charge in [-0.1, -0.05) is 24.6 Å². The third-order valence-electron chi connectivity index (χ3n) is 3.72. The summed E-state index contributed by atoms with van der Waals surface area (Å²) in [5.41, 5.74) is 0.764. The van der Waals surface area contributed by atoms with Crippen molar-refractivity contribution in [3.8, 4) is 0 Å². The fourth-order valence-corrected chi connectivity index (χ4v) is 2.72. The van der Waals surface area contributed by atoms with Gasteiger partial charge in [-0.15, -0.1) is 0 Å². The van der Waals surface area contributed by atoms with Gasteiger partial charge in [0.15, 0.2) is 0 Å². The van der Waals surface area contributed by atoms with E-state index in [-0.39, 0.29) is 6.04 Å². The molecule has 1 aliphatic rings. The van der Waals surface area contributed by atoms with Crippen molar-refractivity contribution in [3.05, 3.63) is 42.2 Å². The van der Waals surface area contributed by atoms with Crippen LogP contribution in [0.4, 0.5) is 4.39 Å². The van der Waals surface area contributed by atoms with Crippen LogP contribution in [-0.2, 0) is 0 Å². The third-order valence-corrected chi connectivity index (χ3v) is 3.72. The summed E-state index contributed by atoms with van der Waals surface area (Å²) in [6.45, 7) is 0.925. The second-order valence-electron chi connectivity index (χ2n) is 4.90. The van der Waals surface area contributed by atoms with E-state index < -0.39 is 6.17 Å². The van der Waals surface area contributed by atoms with Crippen LogP contribution in [0.5, 0.6) is 0 Å². The van der Waals surface area contributed by atoms with Crippen LogP contribution in [0.3, 0.4) is 0 Å². The number of piperidine rings is 1. The van der Waals surface area contributed by atoms with Crippen LogP contribution >= 0.6 is 0 Å². The Morgan fingerprint density at radius 2 is 2.22 bits per heavy atom. The Labute approximate surface area is 106 Å². The first-order chi connectivity index (χ1) is 8.86. The van der Waals surface area contributed by atoms with Gasteiger partial charge in [0.1, 0.15) is 6.17 Å². The molecule has 2 nitrogen and oxygen atoms in total. The Morgan fingerprint density at radius 3 is 3.06 bits per heavy atom. The molecule has 3 rings (SSSR count). The molecule has 1 aliphatic heterocycles. The lowest BCUT2D eigenvalue weighted by atomic mass is 9.93. The van der Waals surface area contributed by atoms with E-state index >= 15 is 0 Å². The number of rotatable bonds is 2. The number of halogens is 1. The second-order valence-corrected chi connectivity index (χ2v) is 4.90. The SMILES string of the molecule is FC(c1cccc2ccncc12)C1CCCCN1. The van der Waals surface area contributed by atoms with Gasteiger partial charge in [-0.2, -0.15) is 0 Å². The molecule has 1 fully saturated rings. The average Bonchev–Trinajstić information content (AvgIpc) is 2.47. The van der Waals surface area contributed by atoms with Crippen molar-refractivity contribution in [2.24, 2.45) is 0 Å². The lowest BCUT2D eigenvalue weighted by molar-refractivity contribution is 0.222. The smallest absolute Gasteiger partial charge is 0.141 e. The number of hydrogen-bond donors (Lipinski definition) is 1. The lowest BCUT2D eigenvalue weighted by Gasteiger charge is -2.27. The third kappa shape index (κ3) is 2.10. The lowest BCUT2D eigenvalue weighted by Crippen LogP contribution is -2.37. The summed E-state index contributed by atoms with van der Waals surface area (Å²) >= 11 is 0. The molecule has 94 valence electrons. The summed E-state index contributed by atoms with van der Waals surface area (Å²) in [4.78, 5) is 4.11. The van der Waals surface area contributed by atoms with Gasteiger partial charge in [0, 0.05) is 23.8 Å². The molecule has 3 heteroatoms. The number of alkyl halides is 1. The fourth-order valence-electron chi connectivity index (χ4n) is 2.72. The number of fused-ring (bicyclic) bond motifs is 1. The molecule has 0 radical (unpaired) electrons. The van der Waals surface area contributed by atoms with E-state index in [2.05, 4.69) is 10.3 Å². The summed E-state index contributed by atoms with van der Waals surface area (Å²) in [7, 11) is 0. The van der Waals surface area contributed by atoms with Crippen LogP contribution in [-0.4, -0.2) is 17.6 Å². The maximum atomic E-state index is 14.7. The van der Waals surface area contributed by atoms with Crippen LogP contribution in [0.15, 0.2) is 36.7 Å². The zero-order chi connectivity index (χ0) is 12.4. The number of aromatic nitrogens is 1. The minimum Gasteiger partial charge on any atom is -0.311 e. The fraction of sp³-hybridized carbons (Fsp3) is 0.400. The van der Waals surface area contributed by atoms with E-state index in [4.69, 9.17) is 0 Å². The number of nitrogens with one attached hydrogen (secondary N) is 1. The highest BCUT2D eigenvalue weighted by atomic mass is 19.1. The largest absolute Gasteiger partial charge is 0.311 e. The highest BCUT2D eigenvalue weighted by molar-refractivity contribution is 5.85. The molecule has 0 amide bonds. The van der Waals surface area contributed by atoms with E-state index in [0.29, 0.717) is 0 Å². The molecule has 2 atom stereocenters.